The number of carboxylic acid groups (broad SMARTS) is 2. The van der Waals surface area contributed by atoms with Crippen molar-refractivity contribution < 1.29 is 29.3 Å². The Morgan fingerprint density at radius 2 is 1.72 bits per heavy atom. The average molecular weight is 360 g/mol. The minimum atomic E-state index is -1.13. The molecule has 2 rings (SSSR count). The molecule has 0 spiro atoms. The summed E-state index contributed by atoms with van der Waals surface area (Å²) in [4.78, 5) is 35.1. The summed E-state index contributed by atoms with van der Waals surface area (Å²) in [6.45, 7) is 2.02. The second-order valence-electron chi connectivity index (χ2n) is 5.05. The first-order chi connectivity index (χ1) is 11.9. The molecule has 0 heterocycles. The molecule has 6 nitrogen and oxygen atoms in total. The molecular weight excluding hydrogens is 344 g/mol. The molecule has 25 heavy (non-hydrogen) atoms. The van der Waals surface area contributed by atoms with Gasteiger partial charge in [-0.15, -0.1) is 0 Å². The van der Waals surface area contributed by atoms with E-state index in [-0.39, 0.29) is 12.0 Å². The van der Waals surface area contributed by atoms with Crippen LogP contribution in [0.5, 0.6) is 0 Å². The zero-order chi connectivity index (χ0) is 18.4. The van der Waals surface area contributed by atoms with E-state index in [4.69, 9.17) is 9.84 Å². The highest BCUT2D eigenvalue weighted by Gasteiger charge is 2.14. The summed E-state index contributed by atoms with van der Waals surface area (Å²) in [6, 6.07) is 11.2. The van der Waals surface area contributed by atoms with Crippen LogP contribution in [0.3, 0.4) is 0 Å². The molecule has 2 aromatic carbocycles. The zero-order valence-corrected chi connectivity index (χ0v) is 14.2. The number of hydrogen-bond acceptors (Lipinski definition) is 5. The Balaban J connectivity index is 2.23. The van der Waals surface area contributed by atoms with Crippen molar-refractivity contribution in [2.75, 3.05) is 6.61 Å². The van der Waals surface area contributed by atoms with E-state index in [1.165, 1.54) is 17.8 Å². The third kappa shape index (κ3) is 5.09. The number of esters is 1. The summed E-state index contributed by atoms with van der Waals surface area (Å²) >= 11 is 1.22. The Bertz CT molecular complexity index is 798. The van der Waals surface area contributed by atoms with Gasteiger partial charge in [-0.1, -0.05) is 17.8 Å². The molecule has 0 unspecified atom stereocenters. The molecule has 0 aliphatic carbocycles. The molecule has 0 amide bonds. The van der Waals surface area contributed by atoms with Gasteiger partial charge in [-0.3, -0.25) is 4.79 Å². The van der Waals surface area contributed by atoms with E-state index in [0.717, 1.165) is 4.90 Å². The number of carbonyl (C=O) groups excluding carboxylic acids is 1. The van der Waals surface area contributed by atoms with Crippen molar-refractivity contribution in [1.29, 1.82) is 0 Å². The van der Waals surface area contributed by atoms with Gasteiger partial charge in [0.2, 0.25) is 0 Å². The maximum atomic E-state index is 11.6. The largest absolute Gasteiger partial charge is 0.481 e. The van der Waals surface area contributed by atoms with Crippen LogP contribution in [0.15, 0.2) is 52.3 Å². The number of aromatic carboxylic acids is 1. The normalized spacial score (nSPS) is 10.3. The van der Waals surface area contributed by atoms with Crippen LogP contribution in [0.1, 0.15) is 33.2 Å². The molecular formula is C18H16O6S. The lowest BCUT2D eigenvalue weighted by Gasteiger charge is -2.08. The lowest BCUT2D eigenvalue weighted by atomic mass is 10.1. The molecule has 130 valence electrons. The standard InChI is InChI=1S/C18H16O6S/c1-2-24-18(23)12-4-6-13(7-5-12)25-15-8-3-11(10-16(19)20)9-14(15)17(21)22/h3-9H,2,10H2,1H3,(H,19,20)(H,21,22). The van der Waals surface area contributed by atoms with Crippen molar-refractivity contribution in [3.05, 3.63) is 59.2 Å². The molecule has 0 bridgehead atoms. The van der Waals surface area contributed by atoms with E-state index < -0.39 is 17.9 Å². The number of rotatable bonds is 7. The fraction of sp³-hybridized carbons (Fsp3) is 0.167. The van der Waals surface area contributed by atoms with Crippen LogP contribution >= 0.6 is 11.8 Å². The summed E-state index contributed by atoms with van der Waals surface area (Å²) in [7, 11) is 0. The first kappa shape index (κ1) is 18.5. The molecule has 0 atom stereocenters. The molecule has 0 aliphatic rings. The highest BCUT2D eigenvalue weighted by atomic mass is 32.2. The maximum absolute atomic E-state index is 11.6. The Labute approximate surface area is 148 Å². The van der Waals surface area contributed by atoms with Crippen LogP contribution in [-0.2, 0) is 16.0 Å². The van der Waals surface area contributed by atoms with Crippen LogP contribution in [0, 0.1) is 0 Å². The number of carbonyl (C=O) groups is 3. The number of benzene rings is 2. The summed E-state index contributed by atoms with van der Waals surface area (Å²) in [5.41, 5.74) is 0.881. The molecule has 0 saturated carbocycles. The minimum Gasteiger partial charge on any atom is -0.481 e. The third-order valence-corrected chi connectivity index (χ3v) is 4.31. The van der Waals surface area contributed by atoms with E-state index in [1.807, 2.05) is 0 Å². The van der Waals surface area contributed by atoms with Crippen LogP contribution in [0.25, 0.3) is 0 Å². The fourth-order valence-corrected chi connectivity index (χ4v) is 3.04. The number of hydrogen-bond donors (Lipinski definition) is 2. The predicted molar refractivity (Wildman–Crippen MR) is 91.3 cm³/mol. The summed E-state index contributed by atoms with van der Waals surface area (Å²) in [5.74, 6) is -2.56. The van der Waals surface area contributed by atoms with Crippen LogP contribution in [-0.4, -0.2) is 34.7 Å². The van der Waals surface area contributed by atoms with Crippen LogP contribution in [0.4, 0.5) is 0 Å². The molecule has 0 aliphatic heterocycles. The van der Waals surface area contributed by atoms with Gasteiger partial charge in [-0.25, -0.2) is 9.59 Å². The van der Waals surface area contributed by atoms with Gasteiger partial charge < -0.3 is 14.9 Å². The first-order valence-electron chi connectivity index (χ1n) is 7.43. The smallest absolute Gasteiger partial charge is 0.338 e. The van der Waals surface area contributed by atoms with E-state index in [1.54, 1.807) is 43.3 Å². The van der Waals surface area contributed by atoms with Crippen molar-refractivity contribution in [1.82, 2.24) is 0 Å². The van der Waals surface area contributed by atoms with E-state index in [2.05, 4.69) is 0 Å². The maximum Gasteiger partial charge on any atom is 0.338 e. The fourth-order valence-electron chi connectivity index (χ4n) is 2.12. The summed E-state index contributed by atoms with van der Waals surface area (Å²) in [5, 5.41) is 18.2. The van der Waals surface area contributed by atoms with Crippen LogP contribution < -0.4 is 0 Å². The molecule has 7 heteroatoms. The van der Waals surface area contributed by atoms with E-state index in [9.17, 15) is 19.5 Å². The Morgan fingerprint density at radius 3 is 2.28 bits per heavy atom. The van der Waals surface area contributed by atoms with Gasteiger partial charge in [0.1, 0.15) is 0 Å². The van der Waals surface area contributed by atoms with Gasteiger partial charge in [-0.2, -0.15) is 0 Å². The zero-order valence-electron chi connectivity index (χ0n) is 13.4. The number of carboxylic acids is 2. The number of ether oxygens (including phenoxy) is 1. The minimum absolute atomic E-state index is 0.0400. The second-order valence-corrected chi connectivity index (χ2v) is 6.17. The predicted octanol–water partition coefficient (Wildman–Crippen LogP) is 3.34. The SMILES string of the molecule is CCOC(=O)c1ccc(Sc2ccc(CC(=O)O)cc2C(=O)O)cc1. The Morgan fingerprint density at radius 1 is 1.04 bits per heavy atom. The average Bonchev–Trinajstić information content (AvgIpc) is 2.56. The Hall–Kier alpha value is -2.80. The third-order valence-electron chi connectivity index (χ3n) is 3.22. The van der Waals surface area contributed by atoms with E-state index in [0.29, 0.717) is 22.6 Å². The van der Waals surface area contributed by atoms with Gasteiger partial charge in [0.05, 0.1) is 24.2 Å². The highest BCUT2D eigenvalue weighted by Crippen LogP contribution is 2.31. The van der Waals surface area contributed by atoms with Crippen LogP contribution in [0.2, 0.25) is 0 Å². The molecule has 0 aromatic heterocycles. The molecule has 0 fully saturated rings. The van der Waals surface area contributed by atoms with Crippen molar-refractivity contribution in [2.45, 2.75) is 23.1 Å². The molecule has 0 radical (unpaired) electrons. The van der Waals surface area contributed by atoms with Crippen molar-refractivity contribution in [3.63, 3.8) is 0 Å². The molecule has 2 aromatic rings. The summed E-state index contributed by atoms with van der Waals surface area (Å²) in [6.07, 6.45) is -0.237. The number of aliphatic carboxylic acids is 1. The van der Waals surface area contributed by atoms with Crippen molar-refractivity contribution in [3.8, 4) is 0 Å². The van der Waals surface area contributed by atoms with Crippen molar-refractivity contribution in [2.24, 2.45) is 0 Å². The van der Waals surface area contributed by atoms with Gasteiger partial charge in [0, 0.05) is 9.79 Å². The lowest BCUT2D eigenvalue weighted by Crippen LogP contribution is -2.05. The topological polar surface area (TPSA) is 101 Å². The molecule has 0 saturated heterocycles. The van der Waals surface area contributed by atoms with Gasteiger partial charge in [-0.05, 0) is 48.9 Å². The van der Waals surface area contributed by atoms with Crippen molar-refractivity contribution >= 4 is 29.7 Å². The Kier molecular flexibility index (Phi) is 6.19. The van der Waals surface area contributed by atoms with E-state index >= 15 is 0 Å². The first-order valence-corrected chi connectivity index (χ1v) is 8.25. The van der Waals surface area contributed by atoms with Gasteiger partial charge in [0.25, 0.3) is 0 Å². The highest BCUT2D eigenvalue weighted by molar-refractivity contribution is 7.99. The summed E-state index contributed by atoms with van der Waals surface area (Å²) < 4.78 is 4.91. The quantitative estimate of drug-likeness (QED) is 0.730. The van der Waals surface area contributed by atoms with Gasteiger partial charge in [0.15, 0.2) is 0 Å². The lowest BCUT2D eigenvalue weighted by molar-refractivity contribution is -0.136. The second kappa shape index (κ2) is 8.34. The molecule has 2 N–H and O–H groups in total. The van der Waals surface area contributed by atoms with Gasteiger partial charge >= 0.3 is 17.9 Å². The monoisotopic (exact) mass is 360 g/mol.